The Kier molecular flexibility index (Phi) is 3.82. The van der Waals surface area contributed by atoms with Crippen LogP contribution in [0.3, 0.4) is 0 Å². The summed E-state index contributed by atoms with van der Waals surface area (Å²) in [5.41, 5.74) is 1.68. The van der Waals surface area contributed by atoms with Crippen molar-refractivity contribution in [3.05, 3.63) is 83.7 Å². The molecule has 4 aliphatic rings. The highest BCUT2D eigenvalue weighted by Crippen LogP contribution is 2.75. The second-order valence-corrected chi connectivity index (χ2v) is 13.1. The van der Waals surface area contributed by atoms with Crippen molar-refractivity contribution in [1.82, 2.24) is 0 Å². The van der Waals surface area contributed by atoms with Gasteiger partial charge in [-0.2, -0.15) is 0 Å². The summed E-state index contributed by atoms with van der Waals surface area (Å²) < 4.78 is 34.8. The Hall–Kier alpha value is -1.66. The van der Waals surface area contributed by atoms with Crippen LogP contribution < -0.4 is 10.6 Å². The summed E-state index contributed by atoms with van der Waals surface area (Å²) >= 11 is 0. The van der Waals surface area contributed by atoms with Crippen LogP contribution in [-0.2, 0) is 13.7 Å². The smallest absolute Gasteiger partial charge is 0.240 e. The molecule has 0 amide bonds. The van der Waals surface area contributed by atoms with E-state index in [4.69, 9.17) is 4.52 Å². The topological polar surface area (TPSA) is 43.4 Å². The monoisotopic (exact) mass is 396 g/mol. The third-order valence-electron chi connectivity index (χ3n) is 6.23. The van der Waals surface area contributed by atoms with Gasteiger partial charge in [-0.05, 0) is 37.4 Å². The van der Waals surface area contributed by atoms with Crippen molar-refractivity contribution in [3.8, 4) is 0 Å². The molecule has 3 heterocycles. The fourth-order valence-electron chi connectivity index (χ4n) is 5.05. The fourth-order valence-corrected chi connectivity index (χ4v) is 12.5. The van der Waals surface area contributed by atoms with Gasteiger partial charge in [-0.1, -0.05) is 60.2 Å². The highest BCUT2D eigenvalue weighted by atomic mass is 31.2. The van der Waals surface area contributed by atoms with Gasteiger partial charge in [0.15, 0.2) is 0 Å². The van der Waals surface area contributed by atoms with Crippen LogP contribution in [0, 0.1) is 5.92 Å². The lowest BCUT2D eigenvalue weighted by Gasteiger charge is -2.50. The Labute approximate surface area is 160 Å². The van der Waals surface area contributed by atoms with Crippen molar-refractivity contribution in [2.24, 2.45) is 5.92 Å². The molecule has 0 spiro atoms. The summed E-state index contributed by atoms with van der Waals surface area (Å²) in [6, 6.07) is 19.1. The summed E-state index contributed by atoms with van der Waals surface area (Å²) in [5.74, 6) is 2.01. The molecular formula is C22H22O3P2. The number of benzene rings is 2. The molecule has 3 nitrogen and oxygen atoms in total. The SMILES string of the molecule is CC1=C[P@@](=O)(c2ccccc2)[C@H]2[C@@H]1[C@@H]1OP(=O)(c3ccccc3)[C@H]2C=C1C. The summed E-state index contributed by atoms with van der Waals surface area (Å²) in [4.78, 5) is 0. The van der Waals surface area contributed by atoms with Gasteiger partial charge in [0.05, 0.1) is 11.8 Å². The van der Waals surface area contributed by atoms with E-state index in [-0.39, 0.29) is 23.3 Å². The first-order valence-electron chi connectivity index (χ1n) is 9.31. The first-order valence-corrected chi connectivity index (χ1v) is 12.9. The predicted molar refractivity (Wildman–Crippen MR) is 111 cm³/mol. The van der Waals surface area contributed by atoms with Crippen molar-refractivity contribution >= 4 is 25.1 Å². The van der Waals surface area contributed by atoms with E-state index in [1.165, 1.54) is 0 Å². The van der Waals surface area contributed by atoms with Crippen LogP contribution in [-0.4, -0.2) is 17.4 Å². The van der Waals surface area contributed by atoms with Crippen molar-refractivity contribution < 1.29 is 13.7 Å². The molecule has 2 bridgehead atoms. The Bertz CT molecular complexity index is 1060. The van der Waals surface area contributed by atoms with Gasteiger partial charge >= 0.3 is 0 Å². The van der Waals surface area contributed by atoms with Crippen LogP contribution >= 0.6 is 14.5 Å². The van der Waals surface area contributed by atoms with Crippen LogP contribution in [0.5, 0.6) is 0 Å². The summed E-state index contributed by atoms with van der Waals surface area (Å²) in [6.45, 7) is 4.09. The molecule has 1 fully saturated rings. The lowest BCUT2D eigenvalue weighted by atomic mass is 9.82. The van der Waals surface area contributed by atoms with E-state index < -0.39 is 14.5 Å². The predicted octanol–water partition coefficient (Wildman–Crippen LogP) is 4.91. The van der Waals surface area contributed by atoms with Crippen molar-refractivity contribution in [2.75, 3.05) is 0 Å². The first kappa shape index (κ1) is 17.4. The largest absolute Gasteiger partial charge is 0.316 e. The minimum atomic E-state index is -3.14. The summed E-state index contributed by atoms with van der Waals surface area (Å²) in [6.07, 6.45) is 1.83. The van der Waals surface area contributed by atoms with Gasteiger partial charge in [-0.3, -0.25) is 4.57 Å². The van der Waals surface area contributed by atoms with Crippen molar-refractivity contribution in [3.63, 3.8) is 0 Å². The molecule has 1 saturated heterocycles. The molecule has 5 heteroatoms. The average molecular weight is 396 g/mol. The Morgan fingerprint density at radius 1 is 0.815 bits per heavy atom. The van der Waals surface area contributed by atoms with E-state index >= 15 is 0 Å². The summed E-state index contributed by atoms with van der Waals surface area (Å²) in [5, 5.41) is 1.58. The quantitative estimate of drug-likeness (QED) is 0.535. The van der Waals surface area contributed by atoms with Crippen LogP contribution in [0.15, 0.2) is 83.7 Å². The van der Waals surface area contributed by atoms with Gasteiger partial charge in [0.1, 0.15) is 7.14 Å². The minimum Gasteiger partial charge on any atom is -0.316 e. The maximum Gasteiger partial charge on any atom is 0.240 e. The molecule has 6 atom stereocenters. The zero-order valence-corrected chi connectivity index (χ0v) is 17.1. The molecule has 2 aromatic carbocycles. The molecule has 6 rings (SSSR count). The van der Waals surface area contributed by atoms with Gasteiger partial charge in [-0.25, -0.2) is 0 Å². The van der Waals surface area contributed by atoms with Gasteiger partial charge < -0.3 is 9.09 Å². The highest BCUT2D eigenvalue weighted by Gasteiger charge is 2.63. The average Bonchev–Trinajstić information content (AvgIpc) is 2.97. The van der Waals surface area contributed by atoms with E-state index in [1.807, 2.05) is 80.3 Å². The molecular weight excluding hydrogens is 374 g/mol. The Morgan fingerprint density at radius 3 is 2.04 bits per heavy atom. The second-order valence-electron chi connectivity index (χ2n) is 7.79. The van der Waals surface area contributed by atoms with E-state index in [0.29, 0.717) is 0 Å². The Balaban J connectivity index is 1.71. The third kappa shape index (κ3) is 2.32. The van der Waals surface area contributed by atoms with Crippen LogP contribution in [0.4, 0.5) is 0 Å². The lowest BCUT2D eigenvalue weighted by molar-refractivity contribution is 0.154. The molecule has 2 aromatic rings. The van der Waals surface area contributed by atoms with Crippen molar-refractivity contribution in [2.45, 2.75) is 31.3 Å². The first-order chi connectivity index (χ1) is 12.9. The standard InChI is InChI=1S/C22H22O3P2/c1-15-13-19-22-20(16(2)14-26(22,23)17-9-5-3-6-10-17)21(15)25-27(19,24)18-11-7-4-8-12-18/h3-14,19-22H,1-2H3/t19-,20-,21+,22+,26+,27?/m0/s1. The van der Waals surface area contributed by atoms with Gasteiger partial charge in [0.2, 0.25) is 7.37 Å². The third-order valence-corrected chi connectivity index (χ3v) is 12.7. The number of fused-ring (bicyclic) bond motifs is 1. The second kappa shape index (κ2) is 5.92. The van der Waals surface area contributed by atoms with Crippen LogP contribution in [0.1, 0.15) is 13.8 Å². The van der Waals surface area contributed by atoms with Gasteiger partial charge in [-0.15, -0.1) is 0 Å². The number of rotatable bonds is 2. The zero-order chi connectivity index (χ0) is 18.8. The lowest BCUT2D eigenvalue weighted by Crippen LogP contribution is -2.50. The number of hydrogen-bond donors (Lipinski definition) is 0. The molecule has 0 saturated carbocycles. The van der Waals surface area contributed by atoms with Crippen LogP contribution in [0.25, 0.3) is 0 Å². The molecule has 0 radical (unpaired) electrons. The Morgan fingerprint density at radius 2 is 1.41 bits per heavy atom. The summed E-state index contributed by atoms with van der Waals surface area (Å²) in [7, 11) is -5.98. The van der Waals surface area contributed by atoms with E-state index in [2.05, 4.69) is 6.08 Å². The molecule has 138 valence electrons. The fraction of sp³-hybridized carbons (Fsp3) is 0.273. The maximum absolute atomic E-state index is 14.3. The van der Waals surface area contributed by atoms with Crippen molar-refractivity contribution in [1.29, 1.82) is 0 Å². The molecule has 0 N–H and O–H groups in total. The van der Waals surface area contributed by atoms with Crippen LogP contribution in [0.2, 0.25) is 0 Å². The number of allylic oxidation sites excluding steroid dienone is 1. The van der Waals surface area contributed by atoms with E-state index in [1.54, 1.807) is 0 Å². The molecule has 27 heavy (non-hydrogen) atoms. The number of hydrogen-bond acceptors (Lipinski definition) is 3. The van der Waals surface area contributed by atoms with Gasteiger partial charge in [0, 0.05) is 22.2 Å². The zero-order valence-electron chi connectivity index (χ0n) is 15.4. The maximum atomic E-state index is 14.3. The molecule has 1 unspecified atom stereocenters. The van der Waals surface area contributed by atoms with E-state index in [9.17, 15) is 9.13 Å². The molecule has 3 aliphatic heterocycles. The highest BCUT2D eigenvalue weighted by molar-refractivity contribution is 7.77. The molecule has 0 aromatic heterocycles. The normalized spacial score (nSPS) is 39.6. The van der Waals surface area contributed by atoms with Gasteiger partial charge in [0.25, 0.3) is 0 Å². The van der Waals surface area contributed by atoms with E-state index in [0.717, 1.165) is 21.8 Å². The minimum absolute atomic E-state index is 0.0387. The molecule has 1 aliphatic carbocycles.